The average Bonchev–Trinajstić information content (AvgIpc) is 2.57. The Morgan fingerprint density at radius 1 is 0.952 bits per heavy atom. The fourth-order valence-electron chi connectivity index (χ4n) is 2.45. The highest BCUT2D eigenvalue weighted by atomic mass is 32.2. The zero-order chi connectivity index (χ0) is 14.5. The van der Waals surface area contributed by atoms with Gasteiger partial charge < -0.3 is 5.11 Å². The maximum atomic E-state index is 11.0. The first-order chi connectivity index (χ1) is 10.3. The standard InChI is InChI=1S/C16H20OS4/c17-15(13-6-2-1-3-7-13)16(20-10-5-11-21-16)12-14-18-8-4-9-19-14/h1-3,6-7,12,15,17H,4-5,8-11H2. The van der Waals surface area contributed by atoms with Crippen molar-refractivity contribution in [2.24, 2.45) is 0 Å². The van der Waals surface area contributed by atoms with Gasteiger partial charge in [-0.2, -0.15) is 0 Å². The second kappa shape index (κ2) is 7.73. The maximum Gasteiger partial charge on any atom is 0.111 e. The van der Waals surface area contributed by atoms with Crippen molar-refractivity contribution in [1.29, 1.82) is 0 Å². The van der Waals surface area contributed by atoms with E-state index in [-0.39, 0.29) is 4.08 Å². The molecule has 1 aromatic carbocycles. The molecule has 2 aliphatic rings. The normalized spacial score (nSPS) is 23.6. The molecule has 2 heterocycles. The molecule has 1 atom stereocenters. The molecule has 1 nitrogen and oxygen atoms in total. The molecule has 0 aliphatic carbocycles. The van der Waals surface area contributed by atoms with Crippen LogP contribution in [0.25, 0.3) is 0 Å². The van der Waals surface area contributed by atoms with Gasteiger partial charge >= 0.3 is 0 Å². The molecule has 0 radical (unpaired) electrons. The van der Waals surface area contributed by atoms with Crippen LogP contribution in [-0.2, 0) is 0 Å². The zero-order valence-corrected chi connectivity index (χ0v) is 15.1. The molecule has 2 saturated heterocycles. The molecule has 0 aromatic heterocycles. The summed E-state index contributed by atoms with van der Waals surface area (Å²) in [5.41, 5.74) is 1.03. The number of thioether (sulfide) groups is 4. The van der Waals surface area contributed by atoms with E-state index in [4.69, 9.17) is 0 Å². The fraction of sp³-hybridized carbons (Fsp3) is 0.500. The molecule has 114 valence electrons. The van der Waals surface area contributed by atoms with Crippen LogP contribution in [0.15, 0.2) is 40.6 Å². The van der Waals surface area contributed by atoms with Crippen LogP contribution in [0.3, 0.4) is 0 Å². The Morgan fingerprint density at radius 3 is 2.24 bits per heavy atom. The molecule has 0 amide bonds. The minimum atomic E-state index is -0.440. The van der Waals surface area contributed by atoms with Crippen LogP contribution >= 0.6 is 47.0 Å². The maximum absolute atomic E-state index is 11.0. The van der Waals surface area contributed by atoms with Crippen LogP contribution in [0.5, 0.6) is 0 Å². The third-order valence-electron chi connectivity index (χ3n) is 3.54. The molecule has 0 bridgehead atoms. The van der Waals surface area contributed by atoms with Crippen molar-refractivity contribution in [2.75, 3.05) is 23.0 Å². The Balaban J connectivity index is 1.89. The van der Waals surface area contributed by atoms with Gasteiger partial charge in [-0.1, -0.05) is 30.3 Å². The van der Waals surface area contributed by atoms with Gasteiger partial charge in [0.15, 0.2) is 0 Å². The molecule has 2 fully saturated rings. The SMILES string of the molecule is OC(c1ccccc1)C1(C=C2SCCCS2)SCCCS1. The lowest BCUT2D eigenvalue weighted by Gasteiger charge is -2.38. The van der Waals surface area contributed by atoms with Gasteiger partial charge in [-0.25, -0.2) is 0 Å². The van der Waals surface area contributed by atoms with E-state index in [0.717, 1.165) is 17.1 Å². The van der Waals surface area contributed by atoms with E-state index in [1.54, 1.807) is 0 Å². The molecule has 3 rings (SSSR count). The second-order valence-electron chi connectivity index (χ2n) is 5.10. The minimum absolute atomic E-state index is 0.216. The van der Waals surface area contributed by atoms with Gasteiger partial charge in [-0.15, -0.1) is 47.0 Å². The molecule has 2 aliphatic heterocycles. The molecule has 1 unspecified atom stereocenters. The molecule has 0 spiro atoms. The second-order valence-corrected chi connectivity index (χ2v) is 10.6. The van der Waals surface area contributed by atoms with Gasteiger partial charge in [0.2, 0.25) is 0 Å². The van der Waals surface area contributed by atoms with E-state index in [2.05, 4.69) is 6.08 Å². The number of rotatable bonds is 3. The monoisotopic (exact) mass is 356 g/mol. The first kappa shape index (κ1) is 16.2. The molecule has 21 heavy (non-hydrogen) atoms. The third-order valence-corrected chi connectivity index (χ3v) is 9.31. The Labute approximate surface area is 144 Å². The quantitative estimate of drug-likeness (QED) is 0.820. The summed E-state index contributed by atoms with van der Waals surface area (Å²) in [6.07, 6.45) is 4.45. The predicted molar refractivity (Wildman–Crippen MR) is 101 cm³/mol. The fourth-order valence-corrected chi connectivity index (χ4v) is 8.50. The Morgan fingerprint density at radius 2 is 1.57 bits per heavy atom. The summed E-state index contributed by atoms with van der Waals surface area (Å²) in [4.78, 5) is 0. The van der Waals surface area contributed by atoms with Gasteiger partial charge in [-0.3, -0.25) is 0 Å². The summed E-state index contributed by atoms with van der Waals surface area (Å²) in [5, 5.41) is 11.0. The van der Waals surface area contributed by atoms with Gasteiger partial charge in [0.1, 0.15) is 10.2 Å². The Hall–Kier alpha value is 0.320. The van der Waals surface area contributed by atoms with Crippen molar-refractivity contribution in [2.45, 2.75) is 23.0 Å². The highest BCUT2D eigenvalue weighted by Gasteiger charge is 2.40. The van der Waals surface area contributed by atoms with Crippen LogP contribution < -0.4 is 0 Å². The van der Waals surface area contributed by atoms with E-state index in [0.29, 0.717) is 0 Å². The van der Waals surface area contributed by atoms with Crippen molar-refractivity contribution >= 4 is 47.0 Å². The smallest absolute Gasteiger partial charge is 0.111 e. The van der Waals surface area contributed by atoms with Crippen LogP contribution in [0.4, 0.5) is 0 Å². The molecule has 1 N–H and O–H groups in total. The van der Waals surface area contributed by atoms with Crippen molar-refractivity contribution in [3.05, 3.63) is 46.2 Å². The highest BCUT2D eigenvalue weighted by Crippen LogP contribution is 2.53. The number of hydrogen-bond acceptors (Lipinski definition) is 5. The lowest BCUT2D eigenvalue weighted by Crippen LogP contribution is -2.31. The van der Waals surface area contributed by atoms with Gasteiger partial charge in [0.25, 0.3) is 0 Å². The topological polar surface area (TPSA) is 20.2 Å². The van der Waals surface area contributed by atoms with Crippen molar-refractivity contribution in [3.63, 3.8) is 0 Å². The van der Waals surface area contributed by atoms with Crippen LogP contribution in [0.2, 0.25) is 0 Å². The van der Waals surface area contributed by atoms with Crippen LogP contribution in [-0.4, -0.2) is 32.2 Å². The van der Waals surface area contributed by atoms with E-state index >= 15 is 0 Å². The Bertz CT molecular complexity index is 474. The number of hydrogen-bond donors (Lipinski definition) is 1. The number of aliphatic hydroxyl groups is 1. The summed E-state index contributed by atoms with van der Waals surface area (Å²) >= 11 is 7.74. The van der Waals surface area contributed by atoms with E-state index < -0.39 is 6.10 Å². The zero-order valence-electron chi connectivity index (χ0n) is 11.9. The molecule has 1 aromatic rings. The van der Waals surface area contributed by atoms with Gasteiger partial charge in [0, 0.05) is 4.24 Å². The number of benzene rings is 1. The number of aliphatic hydroxyl groups excluding tert-OH is 1. The van der Waals surface area contributed by atoms with Crippen LogP contribution in [0.1, 0.15) is 24.5 Å². The third kappa shape index (κ3) is 3.99. The van der Waals surface area contributed by atoms with Crippen molar-refractivity contribution in [1.82, 2.24) is 0 Å². The summed E-state index contributed by atoms with van der Waals surface area (Å²) in [6, 6.07) is 10.1. The van der Waals surface area contributed by atoms with E-state index in [1.807, 2.05) is 77.4 Å². The van der Waals surface area contributed by atoms with Gasteiger partial charge in [-0.05, 0) is 47.5 Å². The summed E-state index contributed by atoms with van der Waals surface area (Å²) in [6.45, 7) is 0. The van der Waals surface area contributed by atoms with E-state index in [1.165, 1.54) is 28.6 Å². The predicted octanol–water partition coefficient (Wildman–Crippen LogP) is 5.00. The van der Waals surface area contributed by atoms with E-state index in [9.17, 15) is 5.11 Å². The summed E-state index contributed by atoms with van der Waals surface area (Å²) < 4.78 is 1.19. The molecule has 0 saturated carbocycles. The highest BCUT2D eigenvalue weighted by molar-refractivity contribution is 8.23. The van der Waals surface area contributed by atoms with Gasteiger partial charge in [0.05, 0.1) is 0 Å². The lowest BCUT2D eigenvalue weighted by atomic mass is 10.1. The van der Waals surface area contributed by atoms with Crippen LogP contribution in [0, 0.1) is 0 Å². The van der Waals surface area contributed by atoms with Crippen molar-refractivity contribution < 1.29 is 5.11 Å². The summed E-state index contributed by atoms with van der Waals surface area (Å²) in [5.74, 6) is 4.70. The largest absolute Gasteiger partial charge is 0.386 e. The molecule has 5 heteroatoms. The Kier molecular flexibility index (Phi) is 5.96. The summed E-state index contributed by atoms with van der Waals surface area (Å²) in [7, 11) is 0. The lowest BCUT2D eigenvalue weighted by molar-refractivity contribution is 0.177. The average molecular weight is 357 g/mol. The molecular formula is C16H20OS4. The molecular weight excluding hydrogens is 336 g/mol. The first-order valence-electron chi connectivity index (χ1n) is 7.29. The minimum Gasteiger partial charge on any atom is -0.386 e. The van der Waals surface area contributed by atoms with Crippen molar-refractivity contribution in [3.8, 4) is 0 Å². The first-order valence-corrected chi connectivity index (χ1v) is 11.2.